The van der Waals surface area contributed by atoms with Crippen molar-refractivity contribution in [3.05, 3.63) is 22.1 Å². The minimum atomic E-state index is -0.772. The lowest BCUT2D eigenvalue weighted by Gasteiger charge is -2.21. The molecule has 1 fully saturated rings. The number of aryl methyl sites for hydroxylation is 1. The van der Waals surface area contributed by atoms with Gasteiger partial charge in [-0.25, -0.2) is 0 Å². The summed E-state index contributed by atoms with van der Waals surface area (Å²) >= 11 is 0. The molecule has 4 atom stereocenters. The zero-order chi connectivity index (χ0) is 20.3. The van der Waals surface area contributed by atoms with E-state index in [1.54, 1.807) is 10.8 Å². The number of esters is 2. The van der Waals surface area contributed by atoms with Gasteiger partial charge in [-0.15, -0.1) is 0 Å². The SMILES string of the molecule is CCCCCCc1cn2c(nc1=O)O[C@@H]1[C@H](OC(C)=O)[C@@H](COC(C)=O)O[C@H]12. The largest absolute Gasteiger partial charge is 0.463 e. The van der Waals surface area contributed by atoms with Crippen LogP contribution >= 0.6 is 0 Å². The van der Waals surface area contributed by atoms with Crippen LogP contribution < -0.4 is 10.3 Å². The zero-order valence-electron chi connectivity index (χ0n) is 16.4. The fraction of sp³-hybridized carbons (Fsp3) is 0.684. The molecule has 28 heavy (non-hydrogen) atoms. The summed E-state index contributed by atoms with van der Waals surface area (Å²) in [5, 5.41) is 0. The highest BCUT2D eigenvalue weighted by Crippen LogP contribution is 2.40. The highest BCUT2D eigenvalue weighted by molar-refractivity contribution is 5.66. The number of carbonyl (C=O) groups is 2. The summed E-state index contributed by atoms with van der Waals surface area (Å²) in [6.07, 6.45) is 3.84. The van der Waals surface area contributed by atoms with Gasteiger partial charge in [-0.2, -0.15) is 4.98 Å². The third-order valence-corrected chi connectivity index (χ3v) is 4.84. The van der Waals surface area contributed by atoms with Crippen LogP contribution in [0, 0.1) is 0 Å². The van der Waals surface area contributed by atoms with Crippen molar-refractivity contribution < 1.29 is 28.5 Å². The van der Waals surface area contributed by atoms with Crippen molar-refractivity contribution in [1.29, 1.82) is 0 Å². The van der Waals surface area contributed by atoms with Gasteiger partial charge in [-0.05, 0) is 12.8 Å². The molecule has 2 aliphatic heterocycles. The molecule has 0 unspecified atom stereocenters. The fourth-order valence-corrected chi connectivity index (χ4v) is 3.52. The fourth-order valence-electron chi connectivity index (χ4n) is 3.52. The van der Waals surface area contributed by atoms with E-state index in [0.717, 1.165) is 25.7 Å². The molecule has 0 saturated carbocycles. The molecule has 0 spiro atoms. The molecule has 3 heterocycles. The lowest BCUT2D eigenvalue weighted by Crippen LogP contribution is -2.39. The first-order valence-electron chi connectivity index (χ1n) is 9.65. The topological polar surface area (TPSA) is 106 Å². The number of fused-ring (bicyclic) bond motifs is 3. The molecule has 0 bridgehead atoms. The third kappa shape index (κ3) is 4.35. The van der Waals surface area contributed by atoms with Crippen LogP contribution in [-0.2, 0) is 30.2 Å². The number of carbonyl (C=O) groups excluding carboxylic acids is 2. The van der Waals surface area contributed by atoms with Crippen molar-refractivity contribution in [2.75, 3.05) is 6.61 Å². The Labute approximate surface area is 162 Å². The molecule has 1 aromatic heterocycles. The number of rotatable bonds is 8. The Hall–Kier alpha value is -2.42. The van der Waals surface area contributed by atoms with Crippen LogP contribution in [0.3, 0.4) is 0 Å². The van der Waals surface area contributed by atoms with E-state index >= 15 is 0 Å². The lowest BCUT2D eigenvalue weighted by atomic mass is 10.1. The van der Waals surface area contributed by atoms with E-state index < -0.39 is 36.5 Å². The second kappa shape index (κ2) is 8.72. The highest BCUT2D eigenvalue weighted by Gasteiger charge is 2.54. The third-order valence-electron chi connectivity index (χ3n) is 4.84. The van der Waals surface area contributed by atoms with E-state index in [4.69, 9.17) is 18.9 Å². The van der Waals surface area contributed by atoms with Gasteiger partial charge in [0.15, 0.2) is 18.4 Å². The number of ether oxygens (including phenoxy) is 4. The number of aromatic nitrogens is 2. The Morgan fingerprint density at radius 1 is 1.21 bits per heavy atom. The Balaban J connectivity index is 1.79. The molecule has 9 heteroatoms. The summed E-state index contributed by atoms with van der Waals surface area (Å²) in [5.41, 5.74) is 0.281. The summed E-state index contributed by atoms with van der Waals surface area (Å²) in [6, 6.07) is 0.139. The smallest absolute Gasteiger partial charge is 0.303 e. The Morgan fingerprint density at radius 3 is 2.68 bits per heavy atom. The monoisotopic (exact) mass is 394 g/mol. The van der Waals surface area contributed by atoms with Crippen LogP contribution in [0.2, 0.25) is 0 Å². The first-order chi connectivity index (χ1) is 13.4. The van der Waals surface area contributed by atoms with Crippen molar-refractivity contribution in [2.45, 2.75) is 77.4 Å². The lowest BCUT2D eigenvalue weighted by molar-refractivity contribution is -0.157. The molecule has 3 rings (SSSR count). The van der Waals surface area contributed by atoms with Crippen LogP contribution in [0.5, 0.6) is 6.01 Å². The molecule has 0 aliphatic carbocycles. The van der Waals surface area contributed by atoms with Crippen LogP contribution in [0.4, 0.5) is 0 Å². The van der Waals surface area contributed by atoms with Crippen LogP contribution in [0.15, 0.2) is 11.0 Å². The van der Waals surface area contributed by atoms with Crippen LogP contribution in [0.25, 0.3) is 0 Å². The summed E-state index contributed by atoms with van der Waals surface area (Å²) < 4.78 is 23.8. The van der Waals surface area contributed by atoms with Gasteiger partial charge in [0, 0.05) is 25.6 Å². The Morgan fingerprint density at radius 2 is 2.00 bits per heavy atom. The minimum absolute atomic E-state index is 0.0591. The maximum atomic E-state index is 12.3. The van der Waals surface area contributed by atoms with Gasteiger partial charge in [-0.3, -0.25) is 19.0 Å². The van der Waals surface area contributed by atoms with Crippen molar-refractivity contribution in [3.63, 3.8) is 0 Å². The van der Waals surface area contributed by atoms with Crippen molar-refractivity contribution in [1.82, 2.24) is 9.55 Å². The maximum absolute atomic E-state index is 12.3. The minimum Gasteiger partial charge on any atom is -0.463 e. The molecule has 2 aliphatic rings. The van der Waals surface area contributed by atoms with Gasteiger partial charge in [0.25, 0.3) is 5.56 Å². The maximum Gasteiger partial charge on any atom is 0.303 e. The van der Waals surface area contributed by atoms with Crippen molar-refractivity contribution >= 4 is 11.9 Å². The van der Waals surface area contributed by atoms with E-state index in [-0.39, 0.29) is 18.2 Å². The van der Waals surface area contributed by atoms with Crippen LogP contribution in [0.1, 0.15) is 58.2 Å². The average molecular weight is 394 g/mol. The van der Waals surface area contributed by atoms with Crippen molar-refractivity contribution in [3.8, 4) is 6.01 Å². The predicted octanol–water partition coefficient (Wildman–Crippen LogP) is 1.52. The normalized spacial score (nSPS) is 25.0. The van der Waals surface area contributed by atoms with Gasteiger partial charge in [0.2, 0.25) is 0 Å². The quantitative estimate of drug-likeness (QED) is 0.483. The summed E-state index contributed by atoms with van der Waals surface area (Å²) in [4.78, 5) is 39.0. The van der Waals surface area contributed by atoms with E-state index in [1.165, 1.54) is 13.8 Å². The molecule has 0 aromatic carbocycles. The number of hydrogen-bond acceptors (Lipinski definition) is 8. The predicted molar refractivity (Wildman–Crippen MR) is 96.9 cm³/mol. The Bertz CT molecular complexity index is 791. The second-order valence-corrected chi connectivity index (χ2v) is 7.10. The highest BCUT2D eigenvalue weighted by atomic mass is 16.7. The van der Waals surface area contributed by atoms with E-state index in [1.807, 2.05) is 0 Å². The molecular formula is C19H26N2O7. The van der Waals surface area contributed by atoms with Gasteiger partial charge in [-0.1, -0.05) is 26.2 Å². The van der Waals surface area contributed by atoms with Crippen LogP contribution in [-0.4, -0.2) is 46.4 Å². The number of nitrogens with zero attached hydrogens (tertiary/aromatic N) is 2. The summed E-state index contributed by atoms with van der Waals surface area (Å²) in [7, 11) is 0. The van der Waals surface area contributed by atoms with E-state index in [9.17, 15) is 14.4 Å². The standard InChI is InChI=1S/C19H26N2O7/c1-4-5-6-7-8-13-9-21-18-16(28-19(21)20-17(13)24)15(26-12(3)23)14(27-18)10-25-11(2)22/h9,14-16,18H,4-8,10H2,1-3H3/t14-,15-,16-,18-/m1/s1. The van der Waals surface area contributed by atoms with Gasteiger partial charge < -0.3 is 18.9 Å². The van der Waals surface area contributed by atoms with Gasteiger partial charge in [0.05, 0.1) is 0 Å². The molecular weight excluding hydrogens is 368 g/mol. The molecule has 0 N–H and O–H groups in total. The first kappa shape index (κ1) is 20.3. The average Bonchev–Trinajstić information content (AvgIpc) is 3.13. The van der Waals surface area contributed by atoms with Gasteiger partial charge >= 0.3 is 17.9 Å². The van der Waals surface area contributed by atoms with Gasteiger partial charge in [0.1, 0.15) is 12.7 Å². The molecule has 0 radical (unpaired) electrons. The molecule has 154 valence electrons. The molecule has 1 aromatic rings. The van der Waals surface area contributed by atoms with Crippen molar-refractivity contribution in [2.24, 2.45) is 0 Å². The summed E-state index contributed by atoms with van der Waals surface area (Å²) in [5.74, 6) is -0.955. The number of unbranched alkanes of at least 4 members (excludes halogenated alkanes) is 3. The molecule has 9 nitrogen and oxygen atoms in total. The summed E-state index contributed by atoms with van der Waals surface area (Å²) in [6.45, 7) is 4.65. The Kier molecular flexibility index (Phi) is 6.33. The van der Waals surface area contributed by atoms with E-state index in [0.29, 0.717) is 12.0 Å². The zero-order valence-corrected chi connectivity index (χ0v) is 16.4. The molecule has 0 amide bonds. The van der Waals surface area contributed by atoms with E-state index in [2.05, 4.69) is 11.9 Å². The molecule has 1 saturated heterocycles. The number of hydrogen-bond donors (Lipinski definition) is 0. The second-order valence-electron chi connectivity index (χ2n) is 7.10. The first-order valence-corrected chi connectivity index (χ1v) is 9.65.